The Labute approximate surface area is 182 Å². The summed E-state index contributed by atoms with van der Waals surface area (Å²) in [5, 5.41) is 0. The zero-order chi connectivity index (χ0) is 21.3. The summed E-state index contributed by atoms with van der Waals surface area (Å²) in [6.07, 6.45) is 10.8. The Morgan fingerprint density at radius 3 is 1.97 bits per heavy atom. The van der Waals surface area contributed by atoms with Crippen molar-refractivity contribution in [3.63, 3.8) is 0 Å². The molecule has 0 amide bonds. The van der Waals surface area contributed by atoms with Crippen LogP contribution in [0, 0.1) is 5.92 Å². The summed E-state index contributed by atoms with van der Waals surface area (Å²) < 4.78 is 0. The van der Waals surface area contributed by atoms with Crippen LogP contribution in [0.5, 0.6) is 0 Å². The van der Waals surface area contributed by atoms with Crippen molar-refractivity contribution in [2.75, 3.05) is 0 Å². The minimum atomic E-state index is -0.0788. The molecule has 0 heterocycles. The second kappa shape index (κ2) is 11.2. The third-order valence-electron chi connectivity index (χ3n) is 6.62. The predicted octanol–water partition coefficient (Wildman–Crippen LogP) is 7.76. The third kappa shape index (κ3) is 6.14. The van der Waals surface area contributed by atoms with E-state index >= 15 is 0 Å². The van der Waals surface area contributed by atoms with Crippen LogP contribution in [-0.2, 0) is 4.79 Å². The van der Waals surface area contributed by atoms with Crippen molar-refractivity contribution in [2.24, 2.45) is 5.92 Å². The van der Waals surface area contributed by atoms with Gasteiger partial charge in [0.1, 0.15) is 5.78 Å². The molecule has 0 saturated heterocycles. The van der Waals surface area contributed by atoms with Gasteiger partial charge in [0.05, 0.1) is 6.42 Å². The van der Waals surface area contributed by atoms with Crippen LogP contribution in [0.15, 0.2) is 48.5 Å². The molecule has 3 rings (SSSR count). The summed E-state index contributed by atoms with van der Waals surface area (Å²) in [7, 11) is 0. The first-order valence-electron chi connectivity index (χ1n) is 11.9. The van der Waals surface area contributed by atoms with Gasteiger partial charge in [0.25, 0.3) is 0 Å². The SMILES string of the molecule is CCCCC1CCC(c2ccc(-c3ccc(C(=O)CC(=O)CCC)cc3)cc2)CC1. The number of unbranched alkanes of at least 4 members (excludes halogenated alkanes) is 1. The minimum absolute atomic E-state index is 0.0164. The van der Waals surface area contributed by atoms with E-state index in [0.29, 0.717) is 17.9 Å². The number of Topliss-reactive ketones (excluding diaryl/α,β-unsaturated/α-hetero) is 2. The van der Waals surface area contributed by atoms with E-state index in [9.17, 15) is 9.59 Å². The van der Waals surface area contributed by atoms with E-state index in [0.717, 1.165) is 17.9 Å². The van der Waals surface area contributed by atoms with Crippen molar-refractivity contribution in [3.05, 3.63) is 59.7 Å². The largest absolute Gasteiger partial charge is 0.299 e. The Kier molecular flexibility index (Phi) is 8.42. The van der Waals surface area contributed by atoms with Gasteiger partial charge in [0.2, 0.25) is 0 Å². The average molecular weight is 405 g/mol. The quantitative estimate of drug-likeness (QED) is 0.299. The van der Waals surface area contributed by atoms with E-state index in [-0.39, 0.29) is 18.0 Å². The molecule has 0 spiro atoms. The first kappa shape index (κ1) is 22.5. The third-order valence-corrected chi connectivity index (χ3v) is 6.62. The average Bonchev–Trinajstić information content (AvgIpc) is 2.78. The lowest BCUT2D eigenvalue weighted by Crippen LogP contribution is -2.13. The lowest BCUT2D eigenvalue weighted by molar-refractivity contribution is -0.118. The number of hydrogen-bond donors (Lipinski definition) is 0. The van der Waals surface area contributed by atoms with E-state index < -0.39 is 0 Å². The van der Waals surface area contributed by atoms with Crippen molar-refractivity contribution in [3.8, 4) is 11.1 Å². The number of hydrogen-bond acceptors (Lipinski definition) is 2. The highest BCUT2D eigenvalue weighted by molar-refractivity contribution is 6.08. The van der Waals surface area contributed by atoms with Crippen molar-refractivity contribution in [2.45, 2.75) is 84.0 Å². The molecule has 0 aromatic heterocycles. The fourth-order valence-electron chi connectivity index (χ4n) is 4.72. The highest BCUT2D eigenvalue weighted by atomic mass is 16.1. The van der Waals surface area contributed by atoms with E-state index in [1.54, 1.807) is 0 Å². The Morgan fingerprint density at radius 1 is 0.800 bits per heavy atom. The number of rotatable bonds is 10. The molecule has 2 aromatic carbocycles. The molecule has 2 heteroatoms. The molecule has 1 saturated carbocycles. The maximum absolute atomic E-state index is 12.3. The van der Waals surface area contributed by atoms with Crippen LogP contribution in [0.1, 0.15) is 99.9 Å². The molecule has 1 fully saturated rings. The molecule has 2 aromatic rings. The topological polar surface area (TPSA) is 34.1 Å². The van der Waals surface area contributed by atoms with Crippen molar-refractivity contribution in [1.29, 1.82) is 0 Å². The number of carbonyl (C=O) groups is 2. The first-order valence-corrected chi connectivity index (χ1v) is 11.9. The molecule has 0 aliphatic heterocycles. The molecule has 160 valence electrons. The monoisotopic (exact) mass is 404 g/mol. The lowest BCUT2D eigenvalue weighted by atomic mass is 9.77. The van der Waals surface area contributed by atoms with Gasteiger partial charge < -0.3 is 0 Å². The van der Waals surface area contributed by atoms with Crippen LogP contribution in [0.2, 0.25) is 0 Å². The van der Waals surface area contributed by atoms with Crippen molar-refractivity contribution in [1.82, 2.24) is 0 Å². The summed E-state index contributed by atoms with van der Waals surface area (Å²) in [6.45, 7) is 4.24. The number of benzene rings is 2. The zero-order valence-electron chi connectivity index (χ0n) is 18.7. The molecule has 0 N–H and O–H groups in total. The summed E-state index contributed by atoms with van der Waals surface area (Å²) in [5.74, 6) is 1.60. The standard InChI is InChI=1S/C28H36O2/c1-3-5-7-21-8-10-22(11-9-21)23-12-14-24(15-13-23)25-16-18-26(19-17-25)28(30)20-27(29)6-4-2/h12-19,21-22H,3-11,20H2,1-2H3. The molecule has 0 unspecified atom stereocenters. The predicted molar refractivity (Wildman–Crippen MR) is 125 cm³/mol. The fraction of sp³-hybridized carbons (Fsp3) is 0.500. The lowest BCUT2D eigenvalue weighted by Gasteiger charge is -2.29. The van der Waals surface area contributed by atoms with Gasteiger partial charge in [-0.3, -0.25) is 9.59 Å². The summed E-state index contributed by atoms with van der Waals surface area (Å²) >= 11 is 0. The van der Waals surface area contributed by atoms with Gasteiger partial charge in [-0.2, -0.15) is 0 Å². The summed E-state index contributed by atoms with van der Waals surface area (Å²) in [6, 6.07) is 16.7. The number of carbonyl (C=O) groups excluding carboxylic acids is 2. The maximum Gasteiger partial charge on any atom is 0.170 e. The summed E-state index contributed by atoms with van der Waals surface area (Å²) in [5.41, 5.74) is 4.38. The van der Waals surface area contributed by atoms with Crippen LogP contribution in [-0.4, -0.2) is 11.6 Å². The molecule has 0 atom stereocenters. The second-order valence-electron chi connectivity index (χ2n) is 8.95. The van der Waals surface area contributed by atoms with Crippen LogP contribution in [0.3, 0.4) is 0 Å². The Balaban J connectivity index is 1.57. The van der Waals surface area contributed by atoms with Gasteiger partial charge in [0.15, 0.2) is 5.78 Å². The summed E-state index contributed by atoms with van der Waals surface area (Å²) in [4.78, 5) is 24.0. The smallest absolute Gasteiger partial charge is 0.170 e. The van der Waals surface area contributed by atoms with Crippen LogP contribution >= 0.6 is 0 Å². The Morgan fingerprint density at radius 2 is 1.40 bits per heavy atom. The van der Waals surface area contributed by atoms with E-state index in [2.05, 4.69) is 31.2 Å². The maximum atomic E-state index is 12.3. The van der Waals surface area contributed by atoms with Gasteiger partial charge in [0, 0.05) is 12.0 Å². The van der Waals surface area contributed by atoms with Crippen molar-refractivity contribution >= 4 is 11.6 Å². The fourth-order valence-corrected chi connectivity index (χ4v) is 4.72. The highest BCUT2D eigenvalue weighted by Crippen LogP contribution is 2.38. The Bertz CT molecular complexity index is 809. The molecular formula is C28H36O2. The van der Waals surface area contributed by atoms with Crippen LogP contribution < -0.4 is 0 Å². The molecule has 0 bridgehead atoms. The van der Waals surface area contributed by atoms with E-state index in [1.807, 2.05) is 31.2 Å². The minimum Gasteiger partial charge on any atom is -0.299 e. The molecule has 2 nitrogen and oxygen atoms in total. The van der Waals surface area contributed by atoms with Crippen molar-refractivity contribution < 1.29 is 9.59 Å². The van der Waals surface area contributed by atoms with E-state index in [1.165, 1.54) is 56.1 Å². The molecule has 1 aliphatic rings. The molecular weight excluding hydrogens is 368 g/mol. The normalized spacial score (nSPS) is 18.9. The van der Waals surface area contributed by atoms with E-state index in [4.69, 9.17) is 0 Å². The molecule has 0 radical (unpaired) electrons. The van der Waals surface area contributed by atoms with Gasteiger partial charge in [-0.25, -0.2) is 0 Å². The van der Waals surface area contributed by atoms with Gasteiger partial charge in [-0.15, -0.1) is 0 Å². The Hall–Kier alpha value is -2.22. The van der Waals surface area contributed by atoms with Gasteiger partial charge in [-0.1, -0.05) is 81.6 Å². The van der Waals surface area contributed by atoms with Crippen LogP contribution in [0.25, 0.3) is 11.1 Å². The molecule has 30 heavy (non-hydrogen) atoms. The number of ketones is 2. The highest BCUT2D eigenvalue weighted by Gasteiger charge is 2.22. The molecule has 1 aliphatic carbocycles. The second-order valence-corrected chi connectivity index (χ2v) is 8.95. The zero-order valence-corrected chi connectivity index (χ0v) is 18.7. The van der Waals surface area contributed by atoms with Crippen LogP contribution in [0.4, 0.5) is 0 Å². The van der Waals surface area contributed by atoms with Gasteiger partial charge >= 0.3 is 0 Å². The van der Waals surface area contributed by atoms with Gasteiger partial charge in [-0.05, 0) is 60.6 Å². The first-order chi connectivity index (χ1) is 14.6.